The minimum absolute atomic E-state index is 0.0992. The number of aromatic nitrogens is 1. The molecule has 2 nitrogen and oxygen atoms in total. The number of rotatable bonds is 4. The summed E-state index contributed by atoms with van der Waals surface area (Å²) in [5.74, 6) is -0.469. The molecule has 1 heterocycles. The van der Waals surface area contributed by atoms with Gasteiger partial charge in [0.1, 0.15) is 17.6 Å². The first-order valence-corrected chi connectivity index (χ1v) is 4.60. The van der Waals surface area contributed by atoms with Crippen LogP contribution in [0.5, 0.6) is 0 Å². The van der Waals surface area contributed by atoms with Crippen molar-refractivity contribution in [3.8, 4) is 0 Å². The quantitative estimate of drug-likeness (QED) is 0.749. The third-order valence-corrected chi connectivity index (χ3v) is 2.08. The molecule has 0 fully saturated rings. The second-order valence-corrected chi connectivity index (χ2v) is 3.19. The van der Waals surface area contributed by atoms with Gasteiger partial charge >= 0.3 is 0 Å². The van der Waals surface area contributed by atoms with Crippen molar-refractivity contribution in [3.05, 3.63) is 42.0 Å². The summed E-state index contributed by atoms with van der Waals surface area (Å²) < 4.78 is 13.1. The second-order valence-electron chi connectivity index (χ2n) is 3.19. The number of nitrogens with zero attached hydrogens (tertiary/aromatic N) is 1. The molecule has 1 aromatic rings. The predicted octanol–water partition coefficient (Wildman–Crippen LogP) is 2.61. The fourth-order valence-corrected chi connectivity index (χ4v) is 1.16. The van der Waals surface area contributed by atoms with Gasteiger partial charge in [-0.3, -0.25) is 4.98 Å². The van der Waals surface area contributed by atoms with Crippen molar-refractivity contribution >= 4 is 0 Å². The molecule has 1 aromatic heterocycles. The number of aliphatic hydroxyl groups excluding tert-OH is 1. The van der Waals surface area contributed by atoms with Crippen LogP contribution in [0, 0.1) is 5.82 Å². The van der Waals surface area contributed by atoms with Gasteiger partial charge in [0.25, 0.3) is 0 Å². The maximum Gasteiger partial charge on any atom is 0.147 e. The Morgan fingerprint density at radius 2 is 2.43 bits per heavy atom. The lowest BCUT2D eigenvalue weighted by molar-refractivity contribution is 0.167. The van der Waals surface area contributed by atoms with E-state index in [0.717, 1.165) is 12.0 Å². The average Bonchev–Trinajstić information content (AvgIpc) is 2.18. The van der Waals surface area contributed by atoms with Crippen molar-refractivity contribution < 1.29 is 9.50 Å². The summed E-state index contributed by atoms with van der Waals surface area (Å²) in [4.78, 5) is 3.80. The van der Waals surface area contributed by atoms with Gasteiger partial charge in [0, 0.05) is 6.20 Å². The van der Waals surface area contributed by atoms with Crippen LogP contribution in [0.4, 0.5) is 4.39 Å². The third kappa shape index (κ3) is 2.64. The SMILES string of the molecule is C=C(CC)CC(O)c1ncccc1F. The lowest BCUT2D eigenvalue weighted by Gasteiger charge is -2.11. The van der Waals surface area contributed by atoms with Crippen LogP contribution < -0.4 is 0 Å². The fraction of sp³-hybridized carbons (Fsp3) is 0.364. The van der Waals surface area contributed by atoms with Crippen LogP contribution in [-0.4, -0.2) is 10.1 Å². The highest BCUT2D eigenvalue weighted by Crippen LogP contribution is 2.21. The van der Waals surface area contributed by atoms with Gasteiger partial charge in [0.05, 0.1) is 0 Å². The Hall–Kier alpha value is -1.22. The third-order valence-electron chi connectivity index (χ3n) is 2.08. The van der Waals surface area contributed by atoms with E-state index in [1.165, 1.54) is 18.3 Å². The van der Waals surface area contributed by atoms with E-state index < -0.39 is 11.9 Å². The molecule has 0 aromatic carbocycles. The molecule has 0 aliphatic heterocycles. The molecule has 1 atom stereocenters. The van der Waals surface area contributed by atoms with Gasteiger partial charge in [-0.05, 0) is 25.0 Å². The van der Waals surface area contributed by atoms with Crippen molar-refractivity contribution in [1.82, 2.24) is 4.98 Å². The molecule has 0 spiro atoms. The highest BCUT2D eigenvalue weighted by molar-refractivity contribution is 5.12. The van der Waals surface area contributed by atoms with E-state index >= 15 is 0 Å². The second kappa shape index (κ2) is 4.86. The predicted molar refractivity (Wildman–Crippen MR) is 53.2 cm³/mol. The van der Waals surface area contributed by atoms with Crippen LogP contribution in [0.25, 0.3) is 0 Å². The Bertz CT molecular complexity index is 325. The summed E-state index contributed by atoms with van der Waals surface area (Å²) in [5, 5.41) is 9.64. The summed E-state index contributed by atoms with van der Waals surface area (Å²) in [7, 11) is 0. The van der Waals surface area contributed by atoms with Crippen molar-refractivity contribution in [2.24, 2.45) is 0 Å². The molecule has 0 saturated heterocycles. The molecular formula is C11H14FNO. The first-order valence-electron chi connectivity index (χ1n) is 4.60. The number of aliphatic hydroxyl groups is 1. The lowest BCUT2D eigenvalue weighted by atomic mass is 10.0. The number of hydrogen-bond donors (Lipinski definition) is 1. The molecular weight excluding hydrogens is 181 g/mol. The molecule has 0 amide bonds. The van der Waals surface area contributed by atoms with E-state index in [4.69, 9.17) is 0 Å². The Morgan fingerprint density at radius 3 is 3.00 bits per heavy atom. The summed E-state index contributed by atoms with van der Waals surface area (Å²) in [6.45, 7) is 5.71. The maximum atomic E-state index is 13.1. The van der Waals surface area contributed by atoms with Crippen LogP contribution >= 0.6 is 0 Å². The molecule has 1 rings (SSSR count). The molecule has 0 bridgehead atoms. The Morgan fingerprint density at radius 1 is 1.71 bits per heavy atom. The molecule has 0 radical (unpaired) electrons. The summed E-state index contributed by atoms with van der Waals surface area (Å²) >= 11 is 0. The molecule has 1 unspecified atom stereocenters. The van der Waals surface area contributed by atoms with E-state index in [9.17, 15) is 9.50 Å². The van der Waals surface area contributed by atoms with Gasteiger partial charge in [0.15, 0.2) is 0 Å². The highest BCUT2D eigenvalue weighted by Gasteiger charge is 2.14. The average molecular weight is 195 g/mol. The van der Waals surface area contributed by atoms with Gasteiger partial charge in [-0.2, -0.15) is 0 Å². The van der Waals surface area contributed by atoms with Crippen LogP contribution in [0.3, 0.4) is 0 Å². The maximum absolute atomic E-state index is 13.1. The monoisotopic (exact) mass is 195 g/mol. The summed E-state index contributed by atoms with van der Waals surface area (Å²) in [6, 6.07) is 2.79. The van der Waals surface area contributed by atoms with Crippen molar-refractivity contribution in [1.29, 1.82) is 0 Å². The van der Waals surface area contributed by atoms with Crippen molar-refractivity contribution in [3.63, 3.8) is 0 Å². The molecule has 3 heteroatoms. The van der Waals surface area contributed by atoms with E-state index in [-0.39, 0.29) is 5.69 Å². The zero-order valence-corrected chi connectivity index (χ0v) is 8.20. The summed E-state index contributed by atoms with van der Waals surface area (Å²) in [6.07, 6.45) is 1.73. The molecule has 14 heavy (non-hydrogen) atoms. The van der Waals surface area contributed by atoms with Gasteiger partial charge < -0.3 is 5.11 Å². The largest absolute Gasteiger partial charge is 0.386 e. The lowest BCUT2D eigenvalue weighted by Crippen LogP contribution is -2.04. The first-order chi connectivity index (χ1) is 6.65. The molecule has 0 saturated carbocycles. The Kier molecular flexibility index (Phi) is 3.77. The fourth-order valence-electron chi connectivity index (χ4n) is 1.16. The molecule has 1 N–H and O–H groups in total. The van der Waals surface area contributed by atoms with Gasteiger partial charge in [-0.1, -0.05) is 19.1 Å². The van der Waals surface area contributed by atoms with Gasteiger partial charge in [-0.25, -0.2) is 4.39 Å². The standard InChI is InChI=1S/C11H14FNO/c1-3-8(2)7-10(14)11-9(12)5-4-6-13-11/h4-6,10,14H,2-3,7H2,1H3. The summed E-state index contributed by atoms with van der Waals surface area (Å²) in [5.41, 5.74) is 0.990. The zero-order chi connectivity index (χ0) is 10.6. The Balaban J connectivity index is 2.74. The minimum atomic E-state index is -0.886. The number of hydrogen-bond acceptors (Lipinski definition) is 2. The first kappa shape index (κ1) is 10.9. The van der Waals surface area contributed by atoms with E-state index in [2.05, 4.69) is 11.6 Å². The molecule has 0 aliphatic rings. The normalized spacial score (nSPS) is 12.5. The molecule has 76 valence electrons. The van der Waals surface area contributed by atoms with Gasteiger partial charge in [0.2, 0.25) is 0 Å². The van der Waals surface area contributed by atoms with Crippen molar-refractivity contribution in [2.45, 2.75) is 25.9 Å². The number of halogens is 1. The van der Waals surface area contributed by atoms with Crippen molar-refractivity contribution in [2.75, 3.05) is 0 Å². The van der Waals surface area contributed by atoms with Gasteiger partial charge in [-0.15, -0.1) is 0 Å². The van der Waals surface area contributed by atoms with Crippen LogP contribution in [0.2, 0.25) is 0 Å². The van der Waals surface area contributed by atoms with Crippen LogP contribution in [-0.2, 0) is 0 Å². The van der Waals surface area contributed by atoms with E-state index in [1.54, 1.807) is 0 Å². The number of pyridine rings is 1. The minimum Gasteiger partial charge on any atom is -0.386 e. The highest BCUT2D eigenvalue weighted by atomic mass is 19.1. The van der Waals surface area contributed by atoms with E-state index in [1.807, 2.05) is 6.92 Å². The van der Waals surface area contributed by atoms with E-state index in [0.29, 0.717) is 6.42 Å². The Labute approximate surface area is 83.1 Å². The molecule has 0 aliphatic carbocycles. The van der Waals surface area contributed by atoms with Crippen LogP contribution in [0.1, 0.15) is 31.6 Å². The topological polar surface area (TPSA) is 33.1 Å². The smallest absolute Gasteiger partial charge is 0.147 e. The zero-order valence-electron chi connectivity index (χ0n) is 8.20. The van der Waals surface area contributed by atoms with Crippen LogP contribution in [0.15, 0.2) is 30.5 Å².